The highest BCUT2D eigenvalue weighted by atomic mass is 32.1. The lowest BCUT2D eigenvalue weighted by atomic mass is 9.70. The fourth-order valence-electron chi connectivity index (χ4n) is 7.33. The number of likely N-dealkylation sites (tertiary alicyclic amines) is 2. The molecule has 2 N–H and O–H groups in total. The van der Waals surface area contributed by atoms with Crippen molar-refractivity contribution >= 4 is 35.0 Å². The van der Waals surface area contributed by atoms with Crippen molar-refractivity contribution in [2.45, 2.75) is 98.1 Å². The lowest BCUT2D eigenvalue weighted by molar-refractivity contribution is -0.152. The van der Waals surface area contributed by atoms with Gasteiger partial charge in [-0.1, -0.05) is 47.0 Å². The van der Waals surface area contributed by atoms with Crippen molar-refractivity contribution in [3.63, 3.8) is 0 Å². The summed E-state index contributed by atoms with van der Waals surface area (Å²) in [6, 6.07) is -0.861. The first kappa shape index (κ1) is 32.9. The van der Waals surface area contributed by atoms with Gasteiger partial charge in [0, 0.05) is 57.1 Å². The molecule has 4 aliphatic rings. The minimum absolute atomic E-state index is 0.0142. The van der Waals surface area contributed by atoms with Gasteiger partial charge in [0.1, 0.15) is 10.9 Å². The predicted molar refractivity (Wildman–Crippen MR) is 169 cm³/mol. The maximum Gasteiger partial charge on any atom is 0.265 e. The number of carbonyl (C=O) groups excluding carboxylic acids is 4. The van der Waals surface area contributed by atoms with Crippen LogP contribution in [0.15, 0.2) is 0 Å². The van der Waals surface area contributed by atoms with Gasteiger partial charge in [-0.15, -0.1) is 11.3 Å². The Balaban J connectivity index is 1.32. The Morgan fingerprint density at radius 1 is 1.02 bits per heavy atom. The minimum Gasteiger partial charge on any atom is -0.376 e. The van der Waals surface area contributed by atoms with Gasteiger partial charge in [0.05, 0.1) is 22.7 Å². The van der Waals surface area contributed by atoms with Gasteiger partial charge < -0.3 is 25.2 Å². The highest BCUT2D eigenvalue weighted by Gasteiger charge is 2.62. The van der Waals surface area contributed by atoms with Crippen molar-refractivity contribution in [1.29, 1.82) is 0 Å². The van der Waals surface area contributed by atoms with Crippen LogP contribution in [0, 0.1) is 35.5 Å². The predicted octanol–water partition coefficient (Wildman–Crippen LogP) is 3.74. The van der Waals surface area contributed by atoms with Gasteiger partial charge >= 0.3 is 0 Å². The van der Waals surface area contributed by atoms with Crippen LogP contribution in [0.3, 0.4) is 0 Å². The minimum atomic E-state index is -0.861. The van der Waals surface area contributed by atoms with E-state index in [1.54, 1.807) is 11.9 Å². The molecule has 2 saturated heterocycles. The highest BCUT2D eigenvalue weighted by molar-refractivity contribution is 7.13. The molecule has 10 nitrogen and oxygen atoms in total. The normalized spacial score (nSPS) is 25.5. The van der Waals surface area contributed by atoms with Crippen molar-refractivity contribution < 1.29 is 23.9 Å². The summed E-state index contributed by atoms with van der Waals surface area (Å²) in [4.78, 5) is 63.0. The zero-order valence-corrected chi connectivity index (χ0v) is 28.3. The number of hydrogen-bond acceptors (Lipinski definition) is 7. The lowest BCUT2D eigenvalue weighted by Gasteiger charge is -2.50. The molecule has 3 heterocycles. The number of hydrogen-bond donors (Lipinski definition) is 2. The second kappa shape index (κ2) is 12.7. The largest absolute Gasteiger partial charge is 0.376 e. The molecule has 1 spiro atoms. The van der Waals surface area contributed by atoms with E-state index in [0.717, 1.165) is 24.3 Å². The number of nitrogens with zero attached hydrogens (tertiary/aromatic N) is 3. The van der Waals surface area contributed by atoms with Gasteiger partial charge in [-0.3, -0.25) is 19.2 Å². The number of likely N-dealkylation sites (N-methyl/N-ethyl adjacent to an activating group) is 1. The van der Waals surface area contributed by atoms with Crippen molar-refractivity contribution in [2.24, 2.45) is 28.6 Å². The molecule has 4 atom stereocenters. The van der Waals surface area contributed by atoms with E-state index < -0.39 is 23.5 Å². The van der Waals surface area contributed by atoms with E-state index >= 15 is 0 Å². The van der Waals surface area contributed by atoms with Crippen molar-refractivity contribution in [2.75, 3.05) is 39.8 Å². The zero-order valence-electron chi connectivity index (χ0n) is 27.5. The molecular formula is C33H51N5O5S. The molecule has 11 heteroatoms. The van der Waals surface area contributed by atoms with Gasteiger partial charge in [-0.05, 0) is 44.4 Å². The van der Waals surface area contributed by atoms with Crippen LogP contribution in [0.4, 0.5) is 0 Å². The molecule has 4 amide bonds. The Labute approximate surface area is 266 Å². The molecule has 5 rings (SSSR count). The molecule has 1 aromatic heterocycles. The second-order valence-electron chi connectivity index (χ2n) is 14.8. The summed E-state index contributed by atoms with van der Waals surface area (Å²) in [6.07, 6.45) is 6.28. The molecule has 244 valence electrons. The number of nitrogens with one attached hydrogen (secondary N) is 2. The number of ether oxygens (including phenoxy) is 1. The fraction of sp³-hybridized carbons (Fsp3) is 0.788. The molecule has 0 bridgehead atoms. The van der Waals surface area contributed by atoms with Crippen LogP contribution in [0.1, 0.15) is 99.4 Å². The third-order valence-corrected chi connectivity index (χ3v) is 11.9. The maximum absolute atomic E-state index is 14.1. The molecule has 1 aromatic rings. The Morgan fingerprint density at radius 2 is 1.66 bits per heavy atom. The van der Waals surface area contributed by atoms with E-state index in [0.29, 0.717) is 42.7 Å². The van der Waals surface area contributed by atoms with Crippen molar-refractivity contribution in [1.82, 2.24) is 25.4 Å². The number of aryl methyl sites for hydroxylation is 1. The van der Waals surface area contributed by atoms with Crippen LogP contribution in [0.25, 0.3) is 0 Å². The number of rotatable bonds is 10. The van der Waals surface area contributed by atoms with Crippen molar-refractivity contribution in [3.8, 4) is 0 Å². The van der Waals surface area contributed by atoms with Gasteiger partial charge in [0.2, 0.25) is 17.7 Å². The molecule has 2 aliphatic heterocycles. The molecule has 44 heavy (non-hydrogen) atoms. The third kappa shape index (κ3) is 6.55. The first-order valence-electron chi connectivity index (χ1n) is 16.5. The topological polar surface area (TPSA) is 121 Å². The second-order valence-corrected chi connectivity index (χ2v) is 15.8. The van der Waals surface area contributed by atoms with Crippen LogP contribution < -0.4 is 10.6 Å². The van der Waals surface area contributed by atoms with Gasteiger partial charge in [0.15, 0.2) is 0 Å². The zero-order chi connectivity index (χ0) is 32.0. The summed E-state index contributed by atoms with van der Waals surface area (Å²) in [7, 11) is 1.56. The van der Waals surface area contributed by atoms with E-state index in [9.17, 15) is 19.2 Å². The molecule has 0 unspecified atom stereocenters. The summed E-state index contributed by atoms with van der Waals surface area (Å²) in [5.41, 5.74) is 0.157. The number of aromatic nitrogens is 1. The smallest absolute Gasteiger partial charge is 0.265 e. The summed E-state index contributed by atoms with van der Waals surface area (Å²) < 4.78 is 6.18. The first-order chi connectivity index (χ1) is 20.8. The van der Waals surface area contributed by atoms with E-state index in [2.05, 4.69) is 43.3 Å². The van der Waals surface area contributed by atoms with Crippen LogP contribution in [-0.2, 0) is 19.1 Å². The van der Waals surface area contributed by atoms with Gasteiger partial charge in [-0.2, -0.15) is 0 Å². The van der Waals surface area contributed by atoms with E-state index in [1.807, 2.05) is 18.7 Å². The Hall–Kier alpha value is -2.53. The van der Waals surface area contributed by atoms with Gasteiger partial charge in [0.25, 0.3) is 5.91 Å². The van der Waals surface area contributed by atoms with E-state index in [-0.39, 0.29) is 47.4 Å². The Morgan fingerprint density at radius 3 is 2.23 bits per heavy atom. The summed E-state index contributed by atoms with van der Waals surface area (Å²) in [5, 5.41) is 6.62. The Bertz CT molecular complexity index is 1270. The molecule has 2 aliphatic carbocycles. The maximum atomic E-state index is 14.1. The van der Waals surface area contributed by atoms with E-state index in [1.165, 1.54) is 30.6 Å². The summed E-state index contributed by atoms with van der Waals surface area (Å²) >= 11 is 1.42. The quantitative estimate of drug-likeness (QED) is 0.407. The van der Waals surface area contributed by atoms with Crippen LogP contribution in [-0.4, -0.2) is 90.4 Å². The third-order valence-electron chi connectivity index (χ3n) is 10.5. The lowest BCUT2D eigenvalue weighted by Crippen LogP contribution is -2.65. The molecule has 0 radical (unpaired) electrons. The average molecular weight is 630 g/mol. The molecule has 2 saturated carbocycles. The molecular weight excluding hydrogens is 578 g/mol. The SMILES string of the molecule is CNC(=O)[C@@H](NC(=O)[C@H]1CN(C(=O)c2sc(C(C)C)nc2C)CC12CN(C(=O)[C@H]1CC1(C)C)C2)[C@@H](C)OCC1CCCCC1. The highest BCUT2D eigenvalue weighted by Crippen LogP contribution is 2.54. The Kier molecular flexibility index (Phi) is 9.48. The fourth-order valence-corrected chi connectivity index (χ4v) is 8.37. The average Bonchev–Trinajstić information content (AvgIpc) is 3.28. The molecule has 4 fully saturated rings. The number of thiazole rings is 1. The van der Waals surface area contributed by atoms with Crippen LogP contribution in [0.2, 0.25) is 0 Å². The van der Waals surface area contributed by atoms with Gasteiger partial charge in [-0.25, -0.2) is 4.98 Å². The standard InChI is InChI=1S/C33H51N5O5S/c1-19(2)29-35-20(3)26(44-29)31(42)37-14-24(33(16-37)17-38(18-33)30(41)23-13-32(23,5)6)27(39)36-25(28(40)34-7)21(4)43-15-22-11-9-8-10-12-22/h19,21-25H,8-18H2,1-7H3,(H,34,40)(H,36,39)/t21-,23-,24-,25+/m1/s1. The first-order valence-corrected chi connectivity index (χ1v) is 17.3. The monoisotopic (exact) mass is 629 g/mol. The van der Waals surface area contributed by atoms with E-state index in [4.69, 9.17) is 4.74 Å². The summed E-state index contributed by atoms with van der Waals surface area (Å²) in [6.45, 7) is 14.1. The number of amides is 4. The molecule has 0 aromatic carbocycles. The summed E-state index contributed by atoms with van der Waals surface area (Å²) in [5.74, 6) is -0.420. The van der Waals surface area contributed by atoms with Crippen LogP contribution in [0.5, 0.6) is 0 Å². The van der Waals surface area contributed by atoms with Crippen LogP contribution >= 0.6 is 11.3 Å². The van der Waals surface area contributed by atoms with Crippen molar-refractivity contribution in [3.05, 3.63) is 15.6 Å². The number of carbonyl (C=O) groups is 4.